The van der Waals surface area contributed by atoms with Gasteiger partial charge in [0.1, 0.15) is 5.75 Å². The molecule has 2 atom stereocenters. The molecule has 24 heavy (non-hydrogen) atoms. The molecule has 0 unspecified atom stereocenters. The van der Waals surface area contributed by atoms with Gasteiger partial charge in [0.05, 0.1) is 17.3 Å². The Morgan fingerprint density at radius 2 is 1.83 bits per heavy atom. The van der Waals surface area contributed by atoms with Crippen molar-refractivity contribution in [2.75, 3.05) is 12.4 Å². The van der Waals surface area contributed by atoms with Gasteiger partial charge in [0.25, 0.3) is 0 Å². The van der Waals surface area contributed by atoms with Gasteiger partial charge in [-0.1, -0.05) is 47.7 Å². The predicted molar refractivity (Wildman–Crippen MR) is 97.9 cm³/mol. The van der Waals surface area contributed by atoms with Crippen molar-refractivity contribution in [1.82, 2.24) is 4.57 Å². The van der Waals surface area contributed by atoms with Crippen molar-refractivity contribution in [3.8, 4) is 11.4 Å². The maximum absolute atomic E-state index is 12.7. The zero-order valence-electron chi connectivity index (χ0n) is 12.8. The number of fused-ring (bicyclic) bond motifs is 5. The molecule has 0 radical (unpaired) electrons. The molecule has 0 bridgehead atoms. The van der Waals surface area contributed by atoms with E-state index >= 15 is 0 Å². The lowest BCUT2D eigenvalue weighted by Gasteiger charge is -2.36. The molecular formula is C19H15NO2S2. The number of thiazole rings is 1. The highest BCUT2D eigenvalue weighted by molar-refractivity contribution is 7.99. The molecule has 5 rings (SSSR count). The lowest BCUT2D eigenvalue weighted by atomic mass is 9.84. The number of nitrogens with zero attached hydrogens (tertiary/aromatic N) is 1. The van der Waals surface area contributed by atoms with Crippen molar-refractivity contribution < 1.29 is 4.74 Å². The van der Waals surface area contributed by atoms with Crippen LogP contribution in [0.5, 0.6) is 5.75 Å². The fourth-order valence-corrected chi connectivity index (χ4v) is 6.32. The highest BCUT2D eigenvalue weighted by Gasteiger charge is 2.39. The molecule has 0 aliphatic carbocycles. The number of thioether (sulfide) groups is 1. The third-order valence-electron chi connectivity index (χ3n) is 4.70. The molecule has 0 amide bonds. The summed E-state index contributed by atoms with van der Waals surface area (Å²) in [5, 5.41) is 1.11. The summed E-state index contributed by atoms with van der Waals surface area (Å²) >= 11 is 3.18. The Hall–Kier alpha value is -1.98. The highest BCUT2D eigenvalue weighted by Crippen LogP contribution is 2.50. The third kappa shape index (κ3) is 2.08. The van der Waals surface area contributed by atoms with Crippen LogP contribution in [0.4, 0.5) is 0 Å². The van der Waals surface area contributed by atoms with Crippen molar-refractivity contribution in [2.24, 2.45) is 5.92 Å². The lowest BCUT2D eigenvalue weighted by molar-refractivity contribution is 0.219. The van der Waals surface area contributed by atoms with Gasteiger partial charge in [-0.05, 0) is 18.2 Å². The van der Waals surface area contributed by atoms with Crippen LogP contribution >= 0.6 is 23.1 Å². The molecule has 0 fully saturated rings. The molecule has 0 saturated carbocycles. The van der Waals surface area contributed by atoms with Gasteiger partial charge in [-0.25, -0.2) is 0 Å². The number of benzene rings is 2. The Kier molecular flexibility index (Phi) is 3.31. The molecule has 0 N–H and O–H groups in total. The average Bonchev–Trinajstić information content (AvgIpc) is 2.98. The fraction of sp³-hybridized carbons (Fsp3) is 0.211. The first-order chi connectivity index (χ1) is 11.8. The monoisotopic (exact) mass is 353 g/mol. The molecule has 2 aliphatic heterocycles. The van der Waals surface area contributed by atoms with E-state index in [-0.39, 0.29) is 10.8 Å². The maximum Gasteiger partial charge on any atom is 0.312 e. The van der Waals surface area contributed by atoms with Crippen LogP contribution in [0.15, 0.2) is 64.4 Å². The fourth-order valence-electron chi connectivity index (χ4n) is 3.61. The van der Waals surface area contributed by atoms with Gasteiger partial charge in [0, 0.05) is 28.0 Å². The van der Waals surface area contributed by atoms with E-state index in [1.54, 1.807) is 11.8 Å². The molecule has 1 aromatic heterocycles. The quantitative estimate of drug-likeness (QED) is 0.659. The van der Waals surface area contributed by atoms with E-state index < -0.39 is 0 Å². The number of hydrogen-bond donors (Lipinski definition) is 0. The number of hydrogen-bond acceptors (Lipinski definition) is 4. The van der Waals surface area contributed by atoms with Crippen LogP contribution in [0.2, 0.25) is 0 Å². The van der Waals surface area contributed by atoms with E-state index in [9.17, 15) is 4.79 Å². The largest absolute Gasteiger partial charge is 0.493 e. The van der Waals surface area contributed by atoms with Crippen LogP contribution < -0.4 is 9.61 Å². The smallest absolute Gasteiger partial charge is 0.312 e. The topological polar surface area (TPSA) is 31.2 Å². The van der Waals surface area contributed by atoms with Gasteiger partial charge in [-0.2, -0.15) is 0 Å². The van der Waals surface area contributed by atoms with Crippen LogP contribution in [0.3, 0.4) is 0 Å². The van der Waals surface area contributed by atoms with E-state index in [0.717, 1.165) is 28.8 Å². The summed E-state index contributed by atoms with van der Waals surface area (Å²) in [7, 11) is 0. The van der Waals surface area contributed by atoms with Crippen molar-refractivity contribution in [3.05, 3.63) is 74.7 Å². The van der Waals surface area contributed by atoms with Gasteiger partial charge < -0.3 is 4.74 Å². The van der Waals surface area contributed by atoms with Gasteiger partial charge in [-0.3, -0.25) is 9.36 Å². The predicted octanol–water partition coefficient (Wildman–Crippen LogP) is 4.15. The number of para-hydroxylation sites is 2. The summed E-state index contributed by atoms with van der Waals surface area (Å²) in [5.41, 5.74) is 2.17. The molecule has 3 aromatic rings. The van der Waals surface area contributed by atoms with E-state index in [0.29, 0.717) is 5.92 Å². The third-order valence-corrected chi connectivity index (χ3v) is 7.13. The molecule has 0 saturated heterocycles. The average molecular weight is 353 g/mol. The van der Waals surface area contributed by atoms with E-state index in [2.05, 4.69) is 12.1 Å². The molecule has 2 aromatic carbocycles. The van der Waals surface area contributed by atoms with Crippen LogP contribution in [-0.4, -0.2) is 16.9 Å². The molecule has 3 heterocycles. The second-order valence-electron chi connectivity index (χ2n) is 6.11. The second-order valence-corrected chi connectivity index (χ2v) is 8.11. The zero-order chi connectivity index (χ0) is 16.1. The Morgan fingerprint density at radius 1 is 1.04 bits per heavy atom. The van der Waals surface area contributed by atoms with Crippen LogP contribution in [-0.2, 0) is 0 Å². The normalized spacial score (nSPS) is 21.3. The molecule has 2 aliphatic rings. The second kappa shape index (κ2) is 5.53. The van der Waals surface area contributed by atoms with Gasteiger partial charge in [0.15, 0.2) is 0 Å². The van der Waals surface area contributed by atoms with Crippen LogP contribution in [0, 0.1) is 5.92 Å². The zero-order valence-corrected chi connectivity index (χ0v) is 14.5. The molecule has 3 nitrogen and oxygen atoms in total. The van der Waals surface area contributed by atoms with Crippen molar-refractivity contribution >= 4 is 23.1 Å². The molecule has 5 heteroatoms. The lowest BCUT2D eigenvalue weighted by Crippen LogP contribution is -2.31. The van der Waals surface area contributed by atoms with Gasteiger partial charge in [0.2, 0.25) is 0 Å². The first-order valence-electron chi connectivity index (χ1n) is 7.98. The Labute approximate surface area is 147 Å². The Bertz CT molecular complexity index is 961. The van der Waals surface area contributed by atoms with Crippen LogP contribution in [0.25, 0.3) is 5.69 Å². The summed E-state index contributed by atoms with van der Waals surface area (Å²) in [5.74, 6) is 2.65. The molecule has 120 valence electrons. The minimum Gasteiger partial charge on any atom is -0.493 e. The van der Waals surface area contributed by atoms with Crippen molar-refractivity contribution in [3.63, 3.8) is 0 Å². The number of rotatable bonds is 1. The molecular weight excluding hydrogens is 338 g/mol. The van der Waals surface area contributed by atoms with Gasteiger partial charge >= 0.3 is 4.87 Å². The standard InChI is InChI=1S/C19H15NO2S2/c21-19-20(13-6-2-1-3-7-13)18-17(24-19)16-12(11-23-18)10-22-15-9-5-4-8-14(15)16/h1-9,12,16H,10-11H2/t12-,16-/m1/s1. The molecule has 0 spiro atoms. The van der Waals surface area contributed by atoms with Crippen LogP contribution in [0.1, 0.15) is 16.4 Å². The Balaban J connectivity index is 1.72. The highest BCUT2D eigenvalue weighted by atomic mass is 32.2. The minimum atomic E-state index is 0.100. The summed E-state index contributed by atoms with van der Waals surface area (Å²) in [6.45, 7) is 0.728. The first-order valence-corrected chi connectivity index (χ1v) is 9.79. The van der Waals surface area contributed by atoms with Gasteiger partial charge in [-0.15, -0.1) is 11.8 Å². The number of ether oxygens (including phenoxy) is 1. The summed E-state index contributed by atoms with van der Waals surface area (Å²) in [6, 6.07) is 18.2. The van der Waals surface area contributed by atoms with E-state index in [1.165, 1.54) is 21.8 Å². The maximum atomic E-state index is 12.7. The van der Waals surface area contributed by atoms with Crippen molar-refractivity contribution in [1.29, 1.82) is 0 Å². The van der Waals surface area contributed by atoms with Crippen molar-refractivity contribution in [2.45, 2.75) is 10.9 Å². The van der Waals surface area contributed by atoms with E-state index in [4.69, 9.17) is 4.74 Å². The van der Waals surface area contributed by atoms with E-state index in [1.807, 2.05) is 47.0 Å². The summed E-state index contributed by atoms with van der Waals surface area (Å²) in [6.07, 6.45) is 0. The summed E-state index contributed by atoms with van der Waals surface area (Å²) < 4.78 is 7.81. The first kappa shape index (κ1) is 14.4. The summed E-state index contributed by atoms with van der Waals surface area (Å²) in [4.78, 5) is 14.0. The minimum absolute atomic E-state index is 0.100. The Morgan fingerprint density at radius 3 is 2.71 bits per heavy atom. The number of aromatic nitrogens is 1. The SMILES string of the molecule is O=c1sc2c(n1-c1ccccc1)SC[C@H]1COc3ccccc3[C@H]21.